The molecule has 0 spiro atoms. The van der Waals surface area contributed by atoms with Gasteiger partial charge >= 0.3 is 0 Å². The Morgan fingerprint density at radius 3 is 2.88 bits per heavy atom. The van der Waals surface area contributed by atoms with Crippen molar-refractivity contribution in [2.24, 2.45) is 5.73 Å². The summed E-state index contributed by atoms with van der Waals surface area (Å²) in [6.45, 7) is 0.255. The number of hydrogen-bond acceptors (Lipinski definition) is 2. The van der Waals surface area contributed by atoms with Gasteiger partial charge in [0.1, 0.15) is 0 Å². The fraction of sp³-hybridized carbons (Fsp3) is 0.333. The molecule has 1 aromatic carbocycles. The highest BCUT2D eigenvalue weighted by atomic mass is 32.1. The van der Waals surface area contributed by atoms with Crippen LogP contribution in [0.2, 0.25) is 0 Å². The first-order valence-corrected chi connectivity index (χ1v) is 5.76. The second-order valence-corrected chi connectivity index (χ2v) is 4.51. The highest BCUT2D eigenvalue weighted by Gasteiger charge is 2.13. The molecule has 1 aliphatic carbocycles. The molecular formula is C12H14N2OS. The SMILES string of the molecule is NC(=S)CNC(=O)c1ccc2c(c1)CCC2. The van der Waals surface area contributed by atoms with Gasteiger partial charge in [0.05, 0.1) is 11.5 Å². The molecule has 0 atom stereocenters. The lowest BCUT2D eigenvalue weighted by molar-refractivity contribution is 0.0959. The van der Waals surface area contributed by atoms with Crippen molar-refractivity contribution in [3.63, 3.8) is 0 Å². The molecular weight excluding hydrogens is 220 g/mol. The Bertz CT molecular complexity index is 443. The number of thiocarbonyl (C=S) groups is 1. The maximum Gasteiger partial charge on any atom is 0.251 e. The summed E-state index contributed by atoms with van der Waals surface area (Å²) in [5.74, 6) is -0.109. The third kappa shape index (κ3) is 2.39. The molecule has 0 aromatic heterocycles. The molecule has 0 fully saturated rings. The summed E-state index contributed by atoms with van der Waals surface area (Å²) in [4.78, 5) is 12.0. The van der Waals surface area contributed by atoms with Crippen LogP contribution in [0.1, 0.15) is 27.9 Å². The minimum Gasteiger partial charge on any atom is -0.392 e. The van der Waals surface area contributed by atoms with Crippen molar-refractivity contribution in [3.8, 4) is 0 Å². The fourth-order valence-electron chi connectivity index (χ4n) is 1.98. The van der Waals surface area contributed by atoms with Gasteiger partial charge in [-0.3, -0.25) is 4.79 Å². The van der Waals surface area contributed by atoms with Crippen molar-refractivity contribution in [1.29, 1.82) is 0 Å². The van der Waals surface area contributed by atoms with E-state index in [4.69, 9.17) is 18.0 Å². The van der Waals surface area contributed by atoms with E-state index in [1.807, 2.05) is 18.2 Å². The first kappa shape index (κ1) is 11.1. The predicted molar refractivity (Wildman–Crippen MR) is 67.6 cm³/mol. The molecule has 1 aromatic rings. The lowest BCUT2D eigenvalue weighted by Crippen LogP contribution is -2.32. The Morgan fingerprint density at radius 2 is 2.12 bits per heavy atom. The molecule has 0 heterocycles. The second kappa shape index (κ2) is 4.61. The Balaban J connectivity index is 2.09. The van der Waals surface area contributed by atoms with Crippen LogP contribution in [0, 0.1) is 0 Å². The number of fused-ring (bicyclic) bond motifs is 1. The number of nitrogens with one attached hydrogen (secondary N) is 1. The summed E-state index contributed by atoms with van der Waals surface area (Å²) in [5.41, 5.74) is 8.68. The van der Waals surface area contributed by atoms with E-state index in [-0.39, 0.29) is 12.5 Å². The van der Waals surface area contributed by atoms with Crippen molar-refractivity contribution in [2.75, 3.05) is 6.54 Å². The number of benzene rings is 1. The molecule has 0 radical (unpaired) electrons. The van der Waals surface area contributed by atoms with Crippen LogP contribution >= 0.6 is 12.2 Å². The molecule has 0 saturated heterocycles. The molecule has 4 heteroatoms. The van der Waals surface area contributed by atoms with Gasteiger partial charge in [0.25, 0.3) is 5.91 Å². The van der Waals surface area contributed by atoms with Crippen LogP contribution in [0.25, 0.3) is 0 Å². The first-order chi connectivity index (χ1) is 7.66. The van der Waals surface area contributed by atoms with Gasteiger partial charge in [0.2, 0.25) is 0 Å². The van der Waals surface area contributed by atoms with E-state index in [9.17, 15) is 4.79 Å². The molecule has 16 heavy (non-hydrogen) atoms. The van der Waals surface area contributed by atoms with E-state index >= 15 is 0 Å². The second-order valence-electron chi connectivity index (χ2n) is 3.99. The standard InChI is InChI=1S/C12H14N2OS/c13-11(16)7-14-12(15)10-5-4-8-2-1-3-9(8)6-10/h4-6H,1-3,7H2,(H2,13,16)(H,14,15). The molecule has 3 N–H and O–H groups in total. The Hall–Kier alpha value is -1.42. The van der Waals surface area contributed by atoms with Gasteiger partial charge in [-0.15, -0.1) is 0 Å². The summed E-state index contributed by atoms with van der Waals surface area (Å²) in [7, 11) is 0. The summed E-state index contributed by atoms with van der Waals surface area (Å²) in [5, 5.41) is 2.68. The molecule has 0 aliphatic heterocycles. The normalized spacial score (nSPS) is 13.2. The molecule has 3 nitrogen and oxygen atoms in total. The average molecular weight is 234 g/mol. The van der Waals surface area contributed by atoms with Gasteiger partial charge in [0.15, 0.2) is 0 Å². The zero-order valence-corrected chi connectivity index (χ0v) is 9.77. The van der Waals surface area contributed by atoms with Gasteiger partial charge < -0.3 is 11.1 Å². The zero-order chi connectivity index (χ0) is 11.5. The molecule has 0 saturated carbocycles. The highest BCUT2D eigenvalue weighted by molar-refractivity contribution is 7.80. The van der Waals surface area contributed by atoms with Gasteiger partial charge in [0, 0.05) is 5.56 Å². The van der Waals surface area contributed by atoms with Crippen molar-refractivity contribution in [1.82, 2.24) is 5.32 Å². The molecule has 84 valence electrons. The number of hydrogen-bond donors (Lipinski definition) is 2. The zero-order valence-electron chi connectivity index (χ0n) is 8.95. The number of aryl methyl sites for hydroxylation is 2. The van der Waals surface area contributed by atoms with Crippen LogP contribution in [0.4, 0.5) is 0 Å². The number of carbonyl (C=O) groups excluding carboxylic acids is 1. The molecule has 1 amide bonds. The van der Waals surface area contributed by atoms with E-state index in [1.54, 1.807) is 0 Å². The predicted octanol–water partition coefficient (Wildman–Crippen LogP) is 1.19. The smallest absolute Gasteiger partial charge is 0.251 e. The van der Waals surface area contributed by atoms with Crippen LogP contribution in [0.3, 0.4) is 0 Å². The summed E-state index contributed by atoms with van der Waals surface area (Å²) < 4.78 is 0. The minimum atomic E-state index is -0.109. The summed E-state index contributed by atoms with van der Waals surface area (Å²) >= 11 is 4.71. The molecule has 1 aliphatic rings. The fourth-order valence-corrected chi connectivity index (χ4v) is 2.05. The van der Waals surface area contributed by atoms with Crippen molar-refractivity contribution in [2.45, 2.75) is 19.3 Å². The van der Waals surface area contributed by atoms with E-state index < -0.39 is 0 Å². The Morgan fingerprint density at radius 1 is 1.38 bits per heavy atom. The third-order valence-corrected chi connectivity index (χ3v) is 2.93. The molecule has 0 unspecified atom stereocenters. The van der Waals surface area contributed by atoms with Crippen LogP contribution in [-0.4, -0.2) is 17.4 Å². The molecule has 2 rings (SSSR count). The van der Waals surface area contributed by atoms with Crippen molar-refractivity contribution >= 4 is 23.1 Å². The summed E-state index contributed by atoms with van der Waals surface area (Å²) in [6.07, 6.45) is 3.39. The number of amides is 1. The maximum atomic E-state index is 11.7. The minimum absolute atomic E-state index is 0.109. The first-order valence-electron chi connectivity index (χ1n) is 5.35. The largest absolute Gasteiger partial charge is 0.392 e. The van der Waals surface area contributed by atoms with Crippen molar-refractivity contribution in [3.05, 3.63) is 34.9 Å². The quantitative estimate of drug-likeness (QED) is 0.772. The average Bonchev–Trinajstić information content (AvgIpc) is 2.72. The van der Waals surface area contributed by atoms with Crippen LogP contribution in [0.5, 0.6) is 0 Å². The van der Waals surface area contributed by atoms with Gasteiger partial charge in [-0.2, -0.15) is 0 Å². The number of rotatable bonds is 3. The Kier molecular flexibility index (Phi) is 3.19. The van der Waals surface area contributed by atoms with E-state index in [2.05, 4.69) is 5.32 Å². The van der Waals surface area contributed by atoms with Gasteiger partial charge in [-0.05, 0) is 42.5 Å². The maximum absolute atomic E-state index is 11.7. The topological polar surface area (TPSA) is 55.1 Å². The van der Waals surface area contributed by atoms with E-state index in [1.165, 1.54) is 17.5 Å². The van der Waals surface area contributed by atoms with Crippen LogP contribution < -0.4 is 11.1 Å². The molecule has 0 bridgehead atoms. The monoisotopic (exact) mass is 234 g/mol. The van der Waals surface area contributed by atoms with Gasteiger partial charge in [-0.1, -0.05) is 18.3 Å². The summed E-state index contributed by atoms with van der Waals surface area (Å²) in [6, 6.07) is 5.87. The lowest BCUT2D eigenvalue weighted by Gasteiger charge is -2.06. The Labute approximate surface area is 100 Å². The lowest BCUT2D eigenvalue weighted by atomic mass is 10.1. The van der Waals surface area contributed by atoms with Crippen LogP contribution in [-0.2, 0) is 12.8 Å². The highest BCUT2D eigenvalue weighted by Crippen LogP contribution is 2.22. The third-order valence-electron chi connectivity index (χ3n) is 2.78. The van der Waals surface area contributed by atoms with E-state index in [0.29, 0.717) is 10.6 Å². The van der Waals surface area contributed by atoms with E-state index in [0.717, 1.165) is 12.8 Å². The number of carbonyl (C=O) groups is 1. The number of nitrogens with two attached hydrogens (primary N) is 1. The van der Waals surface area contributed by atoms with Crippen LogP contribution in [0.15, 0.2) is 18.2 Å². The van der Waals surface area contributed by atoms with Gasteiger partial charge in [-0.25, -0.2) is 0 Å². The van der Waals surface area contributed by atoms with Crippen molar-refractivity contribution < 1.29 is 4.79 Å².